The van der Waals surface area contributed by atoms with Crippen molar-refractivity contribution >= 4 is 23.9 Å². The molecule has 48 heavy (non-hydrogen) atoms. The molecule has 266 valence electrons. The van der Waals surface area contributed by atoms with E-state index in [0.717, 1.165) is 30.4 Å². The first-order valence-electron chi connectivity index (χ1n) is 17.3. The highest BCUT2D eigenvalue weighted by molar-refractivity contribution is 5.94. The van der Waals surface area contributed by atoms with Crippen molar-refractivity contribution in [2.75, 3.05) is 6.54 Å². The minimum atomic E-state index is -1.07. The SMILES string of the molecule is CCCCCCN(C(=O)C(CC(C)C)NC(=O)OC(C)(C)C)C(C(=O)NC(Cc1ccccc1)C(=O)OC(C)(C)C)c1ccccc1C. The van der Waals surface area contributed by atoms with Gasteiger partial charge in [-0.05, 0) is 83.9 Å². The molecule has 0 saturated heterocycles. The van der Waals surface area contributed by atoms with E-state index in [4.69, 9.17) is 9.47 Å². The number of amides is 3. The predicted octanol–water partition coefficient (Wildman–Crippen LogP) is 7.45. The Hall–Kier alpha value is -3.88. The highest BCUT2D eigenvalue weighted by Crippen LogP contribution is 2.28. The number of alkyl carbamates (subject to hydrolysis) is 1. The van der Waals surface area contributed by atoms with Crippen molar-refractivity contribution in [2.45, 2.75) is 137 Å². The van der Waals surface area contributed by atoms with Crippen LogP contribution in [0, 0.1) is 12.8 Å². The lowest BCUT2D eigenvalue weighted by molar-refractivity contribution is -0.159. The van der Waals surface area contributed by atoms with E-state index in [-0.39, 0.29) is 24.8 Å². The minimum absolute atomic E-state index is 0.0592. The quantitative estimate of drug-likeness (QED) is 0.142. The van der Waals surface area contributed by atoms with E-state index < -0.39 is 47.3 Å². The van der Waals surface area contributed by atoms with Gasteiger partial charge in [-0.1, -0.05) is 94.6 Å². The van der Waals surface area contributed by atoms with Crippen LogP contribution in [0.3, 0.4) is 0 Å². The van der Waals surface area contributed by atoms with Crippen molar-refractivity contribution in [1.82, 2.24) is 15.5 Å². The second-order valence-corrected chi connectivity index (χ2v) is 15.0. The van der Waals surface area contributed by atoms with E-state index in [2.05, 4.69) is 17.6 Å². The summed E-state index contributed by atoms with van der Waals surface area (Å²) in [6.07, 6.45) is 3.37. The van der Waals surface area contributed by atoms with Gasteiger partial charge >= 0.3 is 12.1 Å². The molecule has 0 heterocycles. The molecule has 2 N–H and O–H groups in total. The summed E-state index contributed by atoms with van der Waals surface area (Å²) in [7, 11) is 0. The normalized spacial score (nSPS) is 13.6. The average Bonchev–Trinajstić information content (AvgIpc) is 2.97. The Kier molecular flexibility index (Phi) is 15.6. The minimum Gasteiger partial charge on any atom is -0.458 e. The maximum absolute atomic E-state index is 14.7. The van der Waals surface area contributed by atoms with E-state index >= 15 is 0 Å². The van der Waals surface area contributed by atoms with Gasteiger partial charge in [0.2, 0.25) is 11.8 Å². The van der Waals surface area contributed by atoms with Crippen LogP contribution in [0.5, 0.6) is 0 Å². The third-order valence-corrected chi connectivity index (χ3v) is 7.57. The van der Waals surface area contributed by atoms with Crippen LogP contribution >= 0.6 is 0 Å². The lowest BCUT2D eigenvalue weighted by Gasteiger charge is -2.36. The van der Waals surface area contributed by atoms with Crippen LogP contribution in [0.15, 0.2) is 54.6 Å². The molecule has 3 unspecified atom stereocenters. The van der Waals surface area contributed by atoms with Crippen LogP contribution in [0.1, 0.15) is 117 Å². The first kappa shape index (κ1) is 40.3. The zero-order valence-electron chi connectivity index (χ0n) is 30.9. The number of nitrogens with zero attached hydrogens (tertiary/aromatic N) is 1. The fourth-order valence-corrected chi connectivity index (χ4v) is 5.43. The third-order valence-electron chi connectivity index (χ3n) is 7.57. The summed E-state index contributed by atoms with van der Waals surface area (Å²) in [5.41, 5.74) is 0.787. The molecule has 0 fully saturated rings. The molecule has 0 aliphatic rings. The lowest BCUT2D eigenvalue weighted by atomic mass is 9.95. The zero-order chi connectivity index (χ0) is 36.1. The van der Waals surface area contributed by atoms with E-state index in [1.54, 1.807) is 46.4 Å². The van der Waals surface area contributed by atoms with Crippen molar-refractivity contribution in [3.8, 4) is 0 Å². The third kappa shape index (κ3) is 14.1. The molecule has 0 saturated carbocycles. The molecule has 0 bridgehead atoms. The molecule has 9 nitrogen and oxygen atoms in total. The number of hydrogen-bond acceptors (Lipinski definition) is 6. The number of ether oxygens (including phenoxy) is 2. The van der Waals surface area contributed by atoms with Gasteiger partial charge < -0.3 is 25.0 Å². The average molecular weight is 666 g/mol. The number of nitrogens with one attached hydrogen (secondary N) is 2. The number of hydrogen-bond donors (Lipinski definition) is 2. The molecule has 0 aromatic heterocycles. The van der Waals surface area contributed by atoms with Gasteiger partial charge in [-0.25, -0.2) is 9.59 Å². The van der Waals surface area contributed by atoms with Crippen LogP contribution in [-0.4, -0.2) is 58.6 Å². The standard InChI is InChI=1S/C39H59N3O6/c1-11-12-13-19-24-42(35(44)31(25-27(2)3)41-37(46)48-39(8,9)10)33(30-23-18-17-20-28(30)4)34(43)40-32(36(45)47-38(5,6)7)26-29-21-15-14-16-22-29/h14-18,20-23,27,31-33H,11-13,19,24-26H2,1-10H3,(H,40,43)(H,41,46). The molecule has 0 aliphatic carbocycles. The first-order valence-corrected chi connectivity index (χ1v) is 17.3. The van der Waals surface area contributed by atoms with E-state index in [9.17, 15) is 19.2 Å². The van der Waals surface area contributed by atoms with Gasteiger partial charge in [0.25, 0.3) is 0 Å². The van der Waals surface area contributed by atoms with Gasteiger partial charge in [0.05, 0.1) is 0 Å². The summed E-state index contributed by atoms with van der Waals surface area (Å²) in [5.74, 6) is -1.39. The molecular formula is C39H59N3O6. The van der Waals surface area contributed by atoms with Crippen LogP contribution < -0.4 is 10.6 Å². The van der Waals surface area contributed by atoms with Crippen molar-refractivity contribution in [2.24, 2.45) is 5.92 Å². The monoisotopic (exact) mass is 665 g/mol. The molecule has 2 aromatic rings. The fourth-order valence-electron chi connectivity index (χ4n) is 5.43. The molecule has 0 spiro atoms. The van der Waals surface area contributed by atoms with Gasteiger partial charge in [-0.3, -0.25) is 9.59 Å². The number of carbonyl (C=O) groups excluding carboxylic acids is 4. The summed E-state index contributed by atoms with van der Waals surface area (Å²) < 4.78 is 11.3. The first-order chi connectivity index (χ1) is 22.4. The van der Waals surface area contributed by atoms with Crippen LogP contribution in [0.25, 0.3) is 0 Å². The second kappa shape index (κ2) is 18.6. The van der Waals surface area contributed by atoms with Crippen molar-refractivity contribution < 1.29 is 28.7 Å². The Morgan fingerprint density at radius 3 is 1.94 bits per heavy atom. The number of benzene rings is 2. The second-order valence-electron chi connectivity index (χ2n) is 15.0. The summed E-state index contributed by atoms with van der Waals surface area (Å²) in [6, 6.07) is 13.9. The number of aryl methyl sites for hydroxylation is 1. The molecular weight excluding hydrogens is 606 g/mol. The summed E-state index contributed by atoms with van der Waals surface area (Å²) in [5, 5.41) is 5.79. The van der Waals surface area contributed by atoms with E-state index in [1.165, 1.54) is 0 Å². The Bertz CT molecular complexity index is 1330. The van der Waals surface area contributed by atoms with Crippen molar-refractivity contribution in [3.05, 3.63) is 71.3 Å². The summed E-state index contributed by atoms with van der Waals surface area (Å²) in [6.45, 7) is 18.9. The molecule has 3 atom stereocenters. The molecule has 9 heteroatoms. The topological polar surface area (TPSA) is 114 Å². The predicted molar refractivity (Wildman–Crippen MR) is 190 cm³/mol. The molecule has 3 amide bonds. The van der Waals surface area contributed by atoms with E-state index in [0.29, 0.717) is 18.4 Å². The largest absolute Gasteiger partial charge is 0.458 e. The van der Waals surface area contributed by atoms with Crippen molar-refractivity contribution in [3.63, 3.8) is 0 Å². The molecule has 2 aromatic carbocycles. The van der Waals surface area contributed by atoms with E-state index in [1.807, 2.05) is 75.4 Å². The van der Waals surface area contributed by atoms with Gasteiger partial charge in [0.1, 0.15) is 29.3 Å². The van der Waals surface area contributed by atoms with Gasteiger partial charge in [0, 0.05) is 13.0 Å². The highest BCUT2D eigenvalue weighted by Gasteiger charge is 2.39. The lowest BCUT2D eigenvalue weighted by Crippen LogP contribution is -2.55. The van der Waals surface area contributed by atoms with Crippen LogP contribution in [-0.2, 0) is 30.3 Å². The Morgan fingerprint density at radius 1 is 0.771 bits per heavy atom. The Balaban J connectivity index is 2.64. The number of unbranched alkanes of at least 4 members (excludes halogenated alkanes) is 3. The van der Waals surface area contributed by atoms with Crippen LogP contribution in [0.4, 0.5) is 4.79 Å². The number of rotatable bonds is 16. The zero-order valence-corrected chi connectivity index (χ0v) is 30.9. The highest BCUT2D eigenvalue weighted by atomic mass is 16.6. The summed E-state index contributed by atoms with van der Waals surface area (Å²) >= 11 is 0. The summed E-state index contributed by atoms with van der Waals surface area (Å²) in [4.78, 5) is 57.4. The molecule has 2 rings (SSSR count). The number of carbonyl (C=O) groups is 4. The smallest absolute Gasteiger partial charge is 0.408 e. The van der Waals surface area contributed by atoms with Crippen molar-refractivity contribution in [1.29, 1.82) is 0 Å². The Morgan fingerprint density at radius 2 is 1.38 bits per heavy atom. The maximum Gasteiger partial charge on any atom is 0.408 e. The Labute approximate surface area is 288 Å². The molecule has 0 radical (unpaired) electrons. The van der Waals surface area contributed by atoms with Gasteiger partial charge in [-0.2, -0.15) is 0 Å². The molecule has 0 aliphatic heterocycles. The van der Waals surface area contributed by atoms with Gasteiger partial charge in [-0.15, -0.1) is 0 Å². The van der Waals surface area contributed by atoms with Gasteiger partial charge in [0.15, 0.2) is 0 Å². The fraction of sp³-hybridized carbons (Fsp3) is 0.590. The maximum atomic E-state index is 14.7. The number of esters is 1. The van der Waals surface area contributed by atoms with Crippen LogP contribution in [0.2, 0.25) is 0 Å².